The predicted octanol–water partition coefficient (Wildman–Crippen LogP) is 2.43. The normalized spacial score (nSPS) is 19.6. The lowest BCUT2D eigenvalue weighted by atomic mass is 9.81. The first-order chi connectivity index (χ1) is 6.21. The van der Waals surface area contributed by atoms with Gasteiger partial charge in [0.1, 0.15) is 0 Å². The lowest BCUT2D eigenvalue weighted by molar-refractivity contribution is -0.149. The molecule has 0 spiro atoms. The first-order valence-electron chi connectivity index (χ1n) is 4.88. The molecule has 1 N–H and O–H groups in total. The Bertz CT molecular complexity index is 219. The summed E-state index contributed by atoms with van der Waals surface area (Å²) in [7, 11) is 0. The minimum absolute atomic E-state index is 0.434. The highest BCUT2D eigenvalue weighted by molar-refractivity contribution is 5.74. The summed E-state index contributed by atoms with van der Waals surface area (Å²) in [6, 6.07) is 0. The predicted molar refractivity (Wildman–Crippen MR) is 51.2 cm³/mol. The van der Waals surface area contributed by atoms with E-state index in [2.05, 4.69) is 5.92 Å². The highest BCUT2D eigenvalue weighted by Crippen LogP contribution is 2.42. The number of aliphatic carboxylic acids is 1. The Hall–Kier alpha value is -0.970. The van der Waals surface area contributed by atoms with E-state index < -0.39 is 11.4 Å². The van der Waals surface area contributed by atoms with E-state index in [9.17, 15) is 4.79 Å². The van der Waals surface area contributed by atoms with E-state index in [1.165, 1.54) is 0 Å². The Balaban J connectivity index is 2.48. The van der Waals surface area contributed by atoms with Crippen molar-refractivity contribution in [2.75, 3.05) is 0 Å². The van der Waals surface area contributed by atoms with Crippen LogP contribution in [-0.4, -0.2) is 11.1 Å². The maximum absolute atomic E-state index is 11.1. The summed E-state index contributed by atoms with van der Waals surface area (Å²) < 4.78 is 0. The van der Waals surface area contributed by atoms with Gasteiger partial charge >= 0.3 is 5.97 Å². The zero-order chi connectivity index (χ0) is 9.73. The Morgan fingerprint density at radius 1 is 1.46 bits per heavy atom. The van der Waals surface area contributed by atoms with Crippen LogP contribution in [-0.2, 0) is 4.79 Å². The van der Waals surface area contributed by atoms with Gasteiger partial charge in [-0.2, -0.15) is 0 Å². The van der Waals surface area contributed by atoms with Crippen LogP contribution in [0, 0.1) is 17.8 Å². The molecule has 0 amide bonds. The molecule has 0 aromatic carbocycles. The van der Waals surface area contributed by atoms with Crippen molar-refractivity contribution in [2.45, 2.75) is 44.9 Å². The van der Waals surface area contributed by atoms with Gasteiger partial charge in [0.05, 0.1) is 5.41 Å². The van der Waals surface area contributed by atoms with Crippen LogP contribution in [0.4, 0.5) is 0 Å². The molecule has 13 heavy (non-hydrogen) atoms. The van der Waals surface area contributed by atoms with E-state index in [0.717, 1.165) is 38.5 Å². The van der Waals surface area contributed by atoms with E-state index in [0.29, 0.717) is 6.42 Å². The molecule has 1 aliphatic carbocycles. The maximum Gasteiger partial charge on any atom is 0.309 e. The summed E-state index contributed by atoms with van der Waals surface area (Å²) >= 11 is 0. The Kier molecular flexibility index (Phi) is 3.36. The fraction of sp³-hybridized carbons (Fsp3) is 0.727. The van der Waals surface area contributed by atoms with E-state index in [4.69, 9.17) is 11.5 Å². The molecule has 0 saturated heterocycles. The van der Waals surface area contributed by atoms with Gasteiger partial charge in [0, 0.05) is 6.42 Å². The molecule has 2 nitrogen and oxygen atoms in total. The number of carbonyl (C=O) groups is 1. The highest BCUT2D eigenvalue weighted by Gasteiger charge is 2.40. The standard InChI is InChI=1S/C11H16O2/c1-2-3-4-7-11(10(12)13)8-5-6-9-11/h1H,3-9H2,(H,12,13). The van der Waals surface area contributed by atoms with Crippen molar-refractivity contribution < 1.29 is 9.90 Å². The van der Waals surface area contributed by atoms with Gasteiger partial charge < -0.3 is 5.11 Å². The van der Waals surface area contributed by atoms with Crippen molar-refractivity contribution in [3.05, 3.63) is 0 Å². The average Bonchev–Trinajstić information content (AvgIpc) is 2.55. The van der Waals surface area contributed by atoms with Crippen LogP contribution < -0.4 is 0 Å². The molecule has 1 saturated carbocycles. The molecule has 0 heterocycles. The van der Waals surface area contributed by atoms with Gasteiger partial charge in [-0.25, -0.2) is 0 Å². The van der Waals surface area contributed by atoms with Gasteiger partial charge in [-0.15, -0.1) is 12.3 Å². The molecule has 0 bridgehead atoms. The summed E-state index contributed by atoms with van der Waals surface area (Å²) in [4.78, 5) is 11.1. The van der Waals surface area contributed by atoms with Crippen LogP contribution in [0.15, 0.2) is 0 Å². The second-order valence-corrected chi connectivity index (χ2v) is 3.85. The Morgan fingerprint density at radius 3 is 2.54 bits per heavy atom. The van der Waals surface area contributed by atoms with Crippen molar-refractivity contribution in [3.8, 4) is 12.3 Å². The minimum atomic E-state index is -0.623. The van der Waals surface area contributed by atoms with Gasteiger partial charge in [-0.1, -0.05) is 12.8 Å². The number of hydrogen-bond acceptors (Lipinski definition) is 1. The Morgan fingerprint density at radius 2 is 2.08 bits per heavy atom. The molecule has 0 unspecified atom stereocenters. The number of terminal acetylenes is 1. The van der Waals surface area contributed by atoms with E-state index in [1.54, 1.807) is 0 Å². The number of unbranched alkanes of at least 4 members (excludes halogenated alkanes) is 1. The number of rotatable bonds is 4. The van der Waals surface area contributed by atoms with Crippen molar-refractivity contribution in [2.24, 2.45) is 5.41 Å². The molecular formula is C11H16O2. The molecule has 72 valence electrons. The summed E-state index contributed by atoms with van der Waals surface area (Å²) in [6.07, 6.45) is 11.2. The van der Waals surface area contributed by atoms with Gasteiger partial charge in [-0.05, 0) is 25.7 Å². The van der Waals surface area contributed by atoms with E-state index >= 15 is 0 Å². The maximum atomic E-state index is 11.1. The third kappa shape index (κ3) is 2.24. The molecule has 1 aliphatic rings. The molecule has 1 rings (SSSR count). The SMILES string of the molecule is C#CCCCC1(C(=O)O)CCCC1. The third-order valence-corrected chi connectivity index (χ3v) is 2.99. The molecule has 0 atom stereocenters. The zero-order valence-corrected chi connectivity index (χ0v) is 7.88. The monoisotopic (exact) mass is 180 g/mol. The van der Waals surface area contributed by atoms with Gasteiger partial charge in [0.25, 0.3) is 0 Å². The fourth-order valence-corrected chi connectivity index (χ4v) is 2.15. The van der Waals surface area contributed by atoms with Crippen LogP contribution in [0.5, 0.6) is 0 Å². The number of hydrogen-bond donors (Lipinski definition) is 1. The zero-order valence-electron chi connectivity index (χ0n) is 7.88. The topological polar surface area (TPSA) is 37.3 Å². The highest BCUT2D eigenvalue weighted by atomic mass is 16.4. The molecule has 1 fully saturated rings. The fourth-order valence-electron chi connectivity index (χ4n) is 2.15. The van der Waals surface area contributed by atoms with E-state index in [-0.39, 0.29) is 0 Å². The molecule has 0 aromatic rings. The van der Waals surface area contributed by atoms with Crippen molar-refractivity contribution in [3.63, 3.8) is 0 Å². The van der Waals surface area contributed by atoms with Crippen LogP contribution in [0.2, 0.25) is 0 Å². The number of carboxylic acids is 1. The van der Waals surface area contributed by atoms with E-state index in [1.807, 2.05) is 0 Å². The first kappa shape index (κ1) is 10.1. The van der Waals surface area contributed by atoms with Gasteiger partial charge in [0.2, 0.25) is 0 Å². The molecular weight excluding hydrogens is 164 g/mol. The lowest BCUT2D eigenvalue weighted by Gasteiger charge is -2.22. The summed E-state index contributed by atoms with van der Waals surface area (Å²) in [5.41, 5.74) is -0.434. The number of carboxylic acid groups (broad SMARTS) is 1. The molecule has 2 heteroatoms. The summed E-state index contributed by atoms with van der Waals surface area (Å²) in [6.45, 7) is 0. The summed E-state index contributed by atoms with van der Waals surface area (Å²) in [5.74, 6) is 1.93. The van der Waals surface area contributed by atoms with Crippen LogP contribution >= 0.6 is 0 Å². The molecule has 0 radical (unpaired) electrons. The average molecular weight is 180 g/mol. The Labute approximate surface area is 79.3 Å². The summed E-state index contributed by atoms with van der Waals surface area (Å²) in [5, 5.41) is 9.11. The minimum Gasteiger partial charge on any atom is -0.481 e. The molecule has 0 aliphatic heterocycles. The second-order valence-electron chi connectivity index (χ2n) is 3.85. The van der Waals surface area contributed by atoms with Crippen LogP contribution in [0.1, 0.15) is 44.9 Å². The van der Waals surface area contributed by atoms with Crippen LogP contribution in [0.3, 0.4) is 0 Å². The molecule has 0 aromatic heterocycles. The quantitative estimate of drug-likeness (QED) is 0.533. The smallest absolute Gasteiger partial charge is 0.309 e. The second kappa shape index (κ2) is 4.32. The third-order valence-electron chi connectivity index (χ3n) is 2.99. The van der Waals surface area contributed by atoms with Crippen molar-refractivity contribution in [1.29, 1.82) is 0 Å². The van der Waals surface area contributed by atoms with Crippen LogP contribution in [0.25, 0.3) is 0 Å². The largest absolute Gasteiger partial charge is 0.481 e. The van der Waals surface area contributed by atoms with Gasteiger partial charge in [0.15, 0.2) is 0 Å². The van der Waals surface area contributed by atoms with Gasteiger partial charge in [-0.3, -0.25) is 4.79 Å². The van der Waals surface area contributed by atoms with Crippen molar-refractivity contribution in [1.82, 2.24) is 0 Å². The first-order valence-corrected chi connectivity index (χ1v) is 4.88. The van der Waals surface area contributed by atoms with Crippen molar-refractivity contribution >= 4 is 5.97 Å². The lowest BCUT2D eigenvalue weighted by Crippen LogP contribution is -2.27.